The van der Waals surface area contributed by atoms with Crippen molar-refractivity contribution in [1.82, 2.24) is 51.0 Å². The number of fused-ring (bicyclic) bond motifs is 4. The number of hydrazine groups is 1. The number of carbonyl (C=O) groups is 1. The maximum Gasteiger partial charge on any atom is 0.514 e. The number of carbonyl (C=O) groups excluding carboxylic acids is 1. The molecule has 0 bridgehead atoms. The molecule has 3 N–H and O–H groups in total. The second-order valence-corrected chi connectivity index (χ2v) is 28.0. The van der Waals surface area contributed by atoms with Crippen LogP contribution in [0.5, 0.6) is 17.6 Å². The summed E-state index contributed by atoms with van der Waals surface area (Å²) in [7, 11) is -0.444. The molecule has 1 saturated heterocycles. The van der Waals surface area contributed by atoms with Gasteiger partial charge in [-0.25, -0.2) is 20.8 Å². The molecular weight excluding hydrogens is 1480 g/mol. The third-order valence-electron chi connectivity index (χ3n) is 16.6. The Kier molecular flexibility index (Phi) is 22.3. The van der Waals surface area contributed by atoms with Crippen molar-refractivity contribution in [3.8, 4) is 52.0 Å². The normalized spacial score (nSPS) is 14.7. The van der Waals surface area contributed by atoms with Crippen LogP contribution in [0.1, 0.15) is 153 Å². The van der Waals surface area contributed by atoms with E-state index >= 15 is 0 Å². The van der Waals surface area contributed by atoms with Gasteiger partial charge in [-0.2, -0.15) is 0 Å². The van der Waals surface area contributed by atoms with E-state index in [1.807, 2.05) is 154 Å². The summed E-state index contributed by atoms with van der Waals surface area (Å²) >= 11 is 4.63. The molecule has 0 atom stereocenters. The van der Waals surface area contributed by atoms with Crippen molar-refractivity contribution < 1.29 is 41.6 Å². The van der Waals surface area contributed by atoms with E-state index in [1.54, 1.807) is 26.8 Å². The van der Waals surface area contributed by atoms with Gasteiger partial charge in [0.25, 0.3) is 5.91 Å². The highest BCUT2D eigenvalue weighted by Gasteiger charge is 2.52. The molecule has 23 heteroatoms. The number of ether oxygens (including phenoxy) is 3. The molecule has 4 aliphatic carbocycles. The molecule has 7 heterocycles. The number of amides is 1. The lowest BCUT2D eigenvalue weighted by Gasteiger charge is -2.32. The van der Waals surface area contributed by atoms with E-state index in [4.69, 9.17) is 42.6 Å². The first-order chi connectivity index (χ1) is 47.4. The van der Waals surface area contributed by atoms with Crippen molar-refractivity contribution in [1.29, 1.82) is 0 Å². The molecule has 508 valence electrons. The standard InChI is InChI=1S/2C20H19N3O2.C14H22BNO3.C12H9IN2O.C10H9IN2O/c2*1-12(2)24-19-6-4-5-18(21-19)16-10-9-14-7-8-15(11-17(14)16)20-23-22-13(3)25-20;1-10(2)17-12-9-7-8-11(16-12)15-18-13(3,4)14(5,6)19-15;1-7-14-15-12(16-7)9-3-2-8-4-5-11(13)10(8)6-9;11-9-4-3-6-1-2-7(5-8(6)9)10(14)13-12/h2*4-8,10-12H,9H2,1-3H3;7-10H,1-6H3;2-3,5-6H,4H2,1H3;1-2,4-5H,3,12H2,(H,13,14). The molecule has 1 amide bonds. The summed E-state index contributed by atoms with van der Waals surface area (Å²) in [5, 5.41) is 23.9. The number of nitrogens with two attached hydrogens (primary N) is 1. The van der Waals surface area contributed by atoms with Gasteiger partial charge in [0.1, 0.15) is 0 Å². The first-order valence-electron chi connectivity index (χ1n) is 32.7. The molecule has 20 nitrogen and oxygen atoms in total. The van der Waals surface area contributed by atoms with Crippen LogP contribution in [0.3, 0.4) is 0 Å². The minimum Gasteiger partial charge on any atom is -0.475 e. The number of nitrogens with one attached hydrogen (secondary N) is 1. The first kappa shape index (κ1) is 71.3. The van der Waals surface area contributed by atoms with Crippen LogP contribution in [-0.2, 0) is 35.0 Å². The van der Waals surface area contributed by atoms with Crippen LogP contribution in [0.4, 0.5) is 0 Å². The first-order valence-corrected chi connectivity index (χ1v) is 34.9. The van der Waals surface area contributed by atoms with Crippen LogP contribution in [0.15, 0.2) is 165 Å². The molecule has 0 radical (unpaired) electrons. The summed E-state index contributed by atoms with van der Waals surface area (Å²) in [6, 6.07) is 41.8. The minimum absolute atomic E-state index is 0.0972. The van der Waals surface area contributed by atoms with Crippen LogP contribution in [0.2, 0.25) is 0 Å². The number of hydrogen-bond donors (Lipinski definition) is 2. The average molecular weight is 1550 g/mol. The molecule has 0 unspecified atom stereocenters. The van der Waals surface area contributed by atoms with E-state index in [9.17, 15) is 4.79 Å². The van der Waals surface area contributed by atoms with Crippen LogP contribution < -0.4 is 31.1 Å². The summed E-state index contributed by atoms with van der Waals surface area (Å²) in [6.07, 6.45) is 12.8. The Balaban J connectivity index is 0.000000127. The van der Waals surface area contributed by atoms with Gasteiger partial charge >= 0.3 is 7.12 Å². The minimum atomic E-state index is -0.444. The molecule has 6 aromatic heterocycles. The maximum atomic E-state index is 11.3. The second-order valence-electron chi connectivity index (χ2n) is 25.7. The van der Waals surface area contributed by atoms with Gasteiger partial charge in [0.05, 0.1) is 46.5 Å². The van der Waals surface area contributed by atoms with Crippen molar-refractivity contribution in [2.45, 2.75) is 145 Å². The van der Waals surface area contributed by atoms with E-state index in [1.165, 1.54) is 35.0 Å². The fourth-order valence-electron chi connectivity index (χ4n) is 11.2. The number of allylic oxidation sites excluding steroid dienone is 4. The Labute approximate surface area is 604 Å². The van der Waals surface area contributed by atoms with Gasteiger partial charge < -0.3 is 36.8 Å². The fourth-order valence-corrected chi connectivity index (χ4v) is 12.6. The third-order valence-corrected chi connectivity index (χ3v) is 18.7. The largest absolute Gasteiger partial charge is 0.514 e. The predicted octanol–water partition coefficient (Wildman–Crippen LogP) is 15.6. The Morgan fingerprint density at radius 2 is 0.838 bits per heavy atom. The number of aryl methyl sites for hydroxylation is 3. The summed E-state index contributed by atoms with van der Waals surface area (Å²) in [5.41, 5.74) is 19.6. The van der Waals surface area contributed by atoms with Gasteiger partial charge in [0.15, 0.2) is 0 Å². The third kappa shape index (κ3) is 17.4. The highest BCUT2D eigenvalue weighted by molar-refractivity contribution is 14.1. The molecule has 1 aliphatic heterocycles. The van der Waals surface area contributed by atoms with Crippen LogP contribution in [-0.4, -0.2) is 88.1 Å². The van der Waals surface area contributed by atoms with Gasteiger partial charge in [-0.05, 0) is 251 Å². The zero-order valence-corrected chi connectivity index (χ0v) is 61.9. The molecular formula is C76H78BI2N11O9. The number of nitrogen functional groups attached to an aromatic ring is 1. The van der Waals surface area contributed by atoms with Crippen molar-refractivity contribution in [2.75, 3.05) is 0 Å². The summed E-state index contributed by atoms with van der Waals surface area (Å²) in [5.74, 6) is 10.1. The molecule has 0 saturated carbocycles. The van der Waals surface area contributed by atoms with Crippen molar-refractivity contribution in [3.05, 3.63) is 231 Å². The van der Waals surface area contributed by atoms with Crippen LogP contribution in [0, 0.1) is 20.8 Å². The van der Waals surface area contributed by atoms with Crippen molar-refractivity contribution in [2.24, 2.45) is 5.84 Å². The lowest BCUT2D eigenvalue weighted by molar-refractivity contribution is 0.00578. The number of nitrogens with zero attached hydrogens (tertiary/aromatic N) is 9. The molecule has 1 fully saturated rings. The van der Waals surface area contributed by atoms with E-state index in [0.717, 1.165) is 87.2 Å². The number of rotatable bonds is 13. The Morgan fingerprint density at radius 1 is 0.475 bits per heavy atom. The van der Waals surface area contributed by atoms with Gasteiger partial charge in [-0.15, -0.1) is 30.6 Å². The Hall–Kier alpha value is -9.02. The molecule has 5 aliphatic rings. The molecule has 10 aromatic rings. The molecule has 0 spiro atoms. The van der Waals surface area contributed by atoms with Gasteiger partial charge in [-0.1, -0.05) is 66.8 Å². The van der Waals surface area contributed by atoms with Gasteiger partial charge in [0.2, 0.25) is 53.0 Å². The summed E-state index contributed by atoms with van der Waals surface area (Å²) in [6.45, 7) is 25.4. The number of benzene rings is 4. The zero-order chi connectivity index (χ0) is 70.3. The van der Waals surface area contributed by atoms with Crippen LogP contribution in [0.25, 0.3) is 52.7 Å². The van der Waals surface area contributed by atoms with E-state index in [0.29, 0.717) is 58.5 Å². The summed E-state index contributed by atoms with van der Waals surface area (Å²) in [4.78, 5) is 25.0. The number of halogens is 2. The van der Waals surface area contributed by atoms with Crippen molar-refractivity contribution in [3.63, 3.8) is 0 Å². The maximum absolute atomic E-state index is 11.3. The lowest BCUT2D eigenvalue weighted by Crippen LogP contribution is -2.41. The molecule has 15 rings (SSSR count). The van der Waals surface area contributed by atoms with Crippen LogP contribution >= 0.6 is 45.2 Å². The second kappa shape index (κ2) is 31.0. The van der Waals surface area contributed by atoms with E-state index < -0.39 is 7.12 Å². The zero-order valence-electron chi connectivity index (χ0n) is 57.6. The fraction of sp³-hybridized carbons (Fsp3) is 0.289. The monoisotopic (exact) mass is 1550 g/mol. The topological polar surface area (TPSA) is 257 Å². The number of hydrogen-bond acceptors (Lipinski definition) is 19. The number of pyridine rings is 3. The van der Waals surface area contributed by atoms with Gasteiger partial charge in [0, 0.05) is 79.5 Å². The Morgan fingerprint density at radius 3 is 1.23 bits per heavy atom. The summed E-state index contributed by atoms with van der Waals surface area (Å²) < 4.78 is 48.0. The predicted molar refractivity (Wildman–Crippen MR) is 400 cm³/mol. The quantitative estimate of drug-likeness (QED) is 0.0357. The van der Waals surface area contributed by atoms with Crippen molar-refractivity contribution >= 4 is 82.1 Å². The smallest absolute Gasteiger partial charge is 0.475 e. The highest BCUT2D eigenvalue weighted by atomic mass is 127. The highest BCUT2D eigenvalue weighted by Crippen LogP contribution is 2.40. The molecule has 99 heavy (non-hydrogen) atoms. The SMILES string of the molecule is CC(C)Oc1cccc(B2OC(C)(C)C(C)(C)O2)n1.Cc1nnc(-c2ccc3c(c2)C(I)=CC3)o1.Cc1nnc(-c2ccc3c(c2)C(c2cccc(OC(C)C)n2)=CC3)o1.Cc1nnc(-c2ccc3c(c2)C(c2cccc(OC(C)C)n2)=CC3)o1.NNC(=O)c1ccc2c(c1)C(I)=CC2. The van der Waals surface area contributed by atoms with E-state index in [-0.39, 0.29) is 35.4 Å². The number of aromatic nitrogens is 9. The van der Waals surface area contributed by atoms with E-state index in [2.05, 4.69) is 157 Å². The van der Waals surface area contributed by atoms with Gasteiger partial charge in [-0.3, -0.25) is 10.2 Å². The Bertz CT molecular complexity index is 4550. The molecule has 4 aromatic carbocycles. The lowest BCUT2D eigenvalue weighted by atomic mass is 9.84. The average Bonchev–Trinajstić information content (AvgIpc) is 1.66.